The summed E-state index contributed by atoms with van der Waals surface area (Å²) in [5.74, 6) is -0.0844. The van der Waals surface area contributed by atoms with E-state index in [1.807, 2.05) is 24.3 Å². The quantitative estimate of drug-likeness (QED) is 0.879. The molecule has 98 valence electrons. The topological polar surface area (TPSA) is 75.1 Å². The van der Waals surface area contributed by atoms with Gasteiger partial charge in [0.1, 0.15) is 17.7 Å². The summed E-state index contributed by atoms with van der Waals surface area (Å²) < 4.78 is 0. The number of carboxylic acids is 1. The van der Waals surface area contributed by atoms with Gasteiger partial charge in [0, 0.05) is 5.39 Å². The maximum absolute atomic E-state index is 11.5. The van der Waals surface area contributed by atoms with Gasteiger partial charge in [-0.05, 0) is 37.8 Å². The van der Waals surface area contributed by atoms with Crippen LogP contribution in [0.25, 0.3) is 10.9 Å². The molecule has 2 aromatic rings. The predicted octanol–water partition coefficient (Wildman–Crippen LogP) is 2.29. The van der Waals surface area contributed by atoms with Crippen LogP contribution in [-0.2, 0) is 4.79 Å². The van der Waals surface area contributed by atoms with Crippen molar-refractivity contribution in [2.45, 2.75) is 25.3 Å². The maximum Gasteiger partial charge on any atom is 0.329 e. The lowest BCUT2D eigenvalue weighted by Crippen LogP contribution is -2.45. The van der Waals surface area contributed by atoms with Gasteiger partial charge in [-0.1, -0.05) is 12.1 Å². The average Bonchev–Trinajstić information content (AvgIpc) is 3.23. The van der Waals surface area contributed by atoms with Crippen molar-refractivity contribution in [2.24, 2.45) is 5.92 Å². The van der Waals surface area contributed by atoms with Crippen molar-refractivity contribution in [1.82, 2.24) is 9.97 Å². The normalized spacial score (nSPS) is 17.9. The monoisotopic (exact) mass is 257 g/mol. The Morgan fingerprint density at radius 3 is 2.79 bits per heavy atom. The second-order valence-electron chi connectivity index (χ2n) is 5.15. The Morgan fingerprint density at radius 2 is 2.11 bits per heavy atom. The summed E-state index contributed by atoms with van der Waals surface area (Å²) in [4.78, 5) is 19.9. The van der Waals surface area contributed by atoms with Gasteiger partial charge in [0.15, 0.2) is 0 Å². The first-order valence-electron chi connectivity index (χ1n) is 6.32. The number of rotatable bonds is 4. The molecule has 2 N–H and O–H groups in total. The lowest BCUT2D eigenvalue weighted by molar-refractivity contribution is -0.142. The first kappa shape index (κ1) is 11.9. The summed E-state index contributed by atoms with van der Waals surface area (Å²) in [5.41, 5.74) is -0.152. The fraction of sp³-hybridized carbons (Fsp3) is 0.357. The molecule has 5 heteroatoms. The Balaban J connectivity index is 2.03. The molecule has 1 unspecified atom stereocenters. The number of hydrogen-bond donors (Lipinski definition) is 2. The molecule has 0 radical (unpaired) electrons. The zero-order valence-corrected chi connectivity index (χ0v) is 10.6. The minimum Gasteiger partial charge on any atom is -0.480 e. The Kier molecular flexibility index (Phi) is 2.62. The first-order chi connectivity index (χ1) is 9.11. The van der Waals surface area contributed by atoms with Gasteiger partial charge in [-0.25, -0.2) is 14.8 Å². The van der Waals surface area contributed by atoms with Gasteiger partial charge < -0.3 is 10.4 Å². The van der Waals surface area contributed by atoms with Gasteiger partial charge in [-0.15, -0.1) is 0 Å². The molecule has 1 aliphatic rings. The molecule has 1 atom stereocenters. The molecular formula is C14H15N3O2. The molecule has 1 aliphatic carbocycles. The maximum atomic E-state index is 11.5. The summed E-state index contributed by atoms with van der Waals surface area (Å²) in [6, 6.07) is 7.58. The largest absolute Gasteiger partial charge is 0.480 e. The summed E-state index contributed by atoms with van der Waals surface area (Å²) in [5, 5.41) is 13.4. The van der Waals surface area contributed by atoms with Gasteiger partial charge in [-0.2, -0.15) is 0 Å². The van der Waals surface area contributed by atoms with Gasteiger partial charge in [0.2, 0.25) is 0 Å². The van der Waals surface area contributed by atoms with Crippen molar-refractivity contribution < 1.29 is 9.90 Å². The van der Waals surface area contributed by atoms with Crippen molar-refractivity contribution in [1.29, 1.82) is 0 Å². The van der Waals surface area contributed by atoms with Crippen molar-refractivity contribution in [3.63, 3.8) is 0 Å². The molecule has 5 nitrogen and oxygen atoms in total. The third kappa shape index (κ3) is 2.01. The minimum atomic E-state index is -0.961. The van der Waals surface area contributed by atoms with Crippen LogP contribution >= 0.6 is 0 Å². The zero-order valence-electron chi connectivity index (χ0n) is 10.6. The Hall–Kier alpha value is -2.17. The number of aromatic nitrogens is 2. The van der Waals surface area contributed by atoms with Crippen LogP contribution < -0.4 is 5.32 Å². The molecule has 0 bridgehead atoms. The molecule has 0 aliphatic heterocycles. The predicted molar refractivity (Wildman–Crippen MR) is 71.9 cm³/mol. The minimum absolute atomic E-state index is 0.165. The van der Waals surface area contributed by atoms with E-state index < -0.39 is 11.5 Å². The van der Waals surface area contributed by atoms with Gasteiger partial charge in [0.25, 0.3) is 0 Å². The molecule has 1 fully saturated rings. The number of aliphatic carboxylic acids is 1. The summed E-state index contributed by atoms with van der Waals surface area (Å²) in [7, 11) is 0. The van der Waals surface area contributed by atoms with E-state index in [9.17, 15) is 9.90 Å². The van der Waals surface area contributed by atoms with Crippen LogP contribution in [0.2, 0.25) is 0 Å². The highest BCUT2D eigenvalue weighted by Crippen LogP contribution is 2.42. The number of anilines is 1. The lowest BCUT2D eigenvalue weighted by Gasteiger charge is -2.27. The number of carboxylic acid groups (broad SMARTS) is 1. The van der Waals surface area contributed by atoms with Gasteiger partial charge in [-0.3, -0.25) is 0 Å². The van der Waals surface area contributed by atoms with Crippen LogP contribution in [-0.4, -0.2) is 26.6 Å². The molecule has 1 aromatic heterocycles. The smallest absolute Gasteiger partial charge is 0.329 e. The Bertz CT molecular complexity index is 634. The van der Waals surface area contributed by atoms with E-state index >= 15 is 0 Å². The van der Waals surface area contributed by atoms with E-state index in [1.165, 1.54) is 6.33 Å². The van der Waals surface area contributed by atoms with E-state index in [0.717, 1.165) is 23.7 Å². The number of benzene rings is 1. The van der Waals surface area contributed by atoms with E-state index in [4.69, 9.17) is 0 Å². The first-order valence-corrected chi connectivity index (χ1v) is 6.32. The van der Waals surface area contributed by atoms with Crippen molar-refractivity contribution in [2.75, 3.05) is 5.32 Å². The molecule has 0 spiro atoms. The number of nitrogens with one attached hydrogen (secondary N) is 1. The van der Waals surface area contributed by atoms with Crippen LogP contribution in [0.15, 0.2) is 30.6 Å². The van der Waals surface area contributed by atoms with Crippen LogP contribution in [0.1, 0.15) is 19.8 Å². The van der Waals surface area contributed by atoms with Crippen LogP contribution in [0.4, 0.5) is 5.82 Å². The van der Waals surface area contributed by atoms with Crippen LogP contribution in [0.3, 0.4) is 0 Å². The number of para-hydroxylation sites is 1. The van der Waals surface area contributed by atoms with Gasteiger partial charge >= 0.3 is 5.97 Å². The summed E-state index contributed by atoms with van der Waals surface area (Å²) in [6.45, 7) is 1.73. The highest BCUT2D eigenvalue weighted by Gasteiger charge is 2.48. The van der Waals surface area contributed by atoms with E-state index in [-0.39, 0.29) is 5.92 Å². The molecular weight excluding hydrogens is 242 g/mol. The van der Waals surface area contributed by atoms with E-state index in [2.05, 4.69) is 15.3 Å². The van der Waals surface area contributed by atoms with E-state index in [0.29, 0.717) is 5.82 Å². The molecule has 0 amide bonds. The standard InChI is InChI=1S/C14H15N3O2/c1-14(13(18)19,9-6-7-9)17-12-10-4-2-3-5-11(10)15-8-16-12/h2-5,8-9H,6-7H2,1H3,(H,18,19)(H,15,16,17). The number of nitrogens with zero attached hydrogens (tertiary/aromatic N) is 2. The average molecular weight is 257 g/mol. The van der Waals surface area contributed by atoms with Gasteiger partial charge in [0.05, 0.1) is 5.52 Å². The van der Waals surface area contributed by atoms with Crippen LogP contribution in [0, 0.1) is 5.92 Å². The summed E-state index contributed by atoms with van der Waals surface area (Å²) in [6.07, 6.45) is 3.34. The molecule has 1 aromatic carbocycles. The summed E-state index contributed by atoms with van der Waals surface area (Å²) >= 11 is 0. The molecule has 0 saturated heterocycles. The van der Waals surface area contributed by atoms with Crippen molar-refractivity contribution in [3.8, 4) is 0 Å². The second-order valence-corrected chi connectivity index (χ2v) is 5.15. The SMILES string of the molecule is CC(Nc1ncnc2ccccc12)(C(=O)O)C1CC1. The number of carbonyl (C=O) groups is 1. The van der Waals surface area contributed by atoms with E-state index in [1.54, 1.807) is 6.92 Å². The zero-order chi connectivity index (χ0) is 13.5. The highest BCUT2D eigenvalue weighted by molar-refractivity contribution is 5.92. The van der Waals surface area contributed by atoms with Crippen molar-refractivity contribution in [3.05, 3.63) is 30.6 Å². The van der Waals surface area contributed by atoms with Crippen LogP contribution in [0.5, 0.6) is 0 Å². The fourth-order valence-electron chi connectivity index (χ4n) is 2.34. The Labute approximate surface area is 110 Å². The lowest BCUT2D eigenvalue weighted by atomic mass is 9.96. The Morgan fingerprint density at radius 1 is 1.37 bits per heavy atom. The highest BCUT2D eigenvalue weighted by atomic mass is 16.4. The molecule has 1 saturated carbocycles. The number of fused-ring (bicyclic) bond motifs is 1. The van der Waals surface area contributed by atoms with Crippen molar-refractivity contribution >= 4 is 22.7 Å². The molecule has 3 rings (SSSR count). The third-order valence-electron chi connectivity index (χ3n) is 3.76. The fourth-order valence-corrected chi connectivity index (χ4v) is 2.34. The molecule has 19 heavy (non-hydrogen) atoms. The third-order valence-corrected chi connectivity index (χ3v) is 3.76. The number of hydrogen-bond acceptors (Lipinski definition) is 4. The second kappa shape index (κ2) is 4.19. The molecule has 1 heterocycles.